The minimum atomic E-state index is 0.0887. The number of hydrogen-bond acceptors (Lipinski definition) is 3. The Labute approximate surface area is 195 Å². The highest BCUT2D eigenvalue weighted by Crippen LogP contribution is 2.28. The summed E-state index contributed by atoms with van der Waals surface area (Å²) < 4.78 is 0. The summed E-state index contributed by atoms with van der Waals surface area (Å²) in [4.78, 5) is 23.0. The first-order valence-corrected chi connectivity index (χ1v) is 11.6. The van der Waals surface area contributed by atoms with Crippen molar-refractivity contribution in [3.63, 3.8) is 0 Å². The second-order valence-corrected chi connectivity index (χ2v) is 8.99. The van der Waals surface area contributed by atoms with Gasteiger partial charge in [-0.15, -0.1) is 0 Å². The van der Waals surface area contributed by atoms with Crippen molar-refractivity contribution in [2.24, 2.45) is 0 Å². The number of hydrogen-bond donors (Lipinski definition) is 0. The fourth-order valence-electron chi connectivity index (χ4n) is 4.54. The smallest absolute Gasteiger partial charge is 0.254 e. The minimum absolute atomic E-state index is 0.0887. The van der Waals surface area contributed by atoms with Crippen LogP contribution in [0.5, 0.6) is 0 Å². The molecule has 0 aliphatic carbocycles. The Morgan fingerprint density at radius 3 is 2.27 bits per heavy atom. The highest BCUT2D eigenvalue weighted by atomic mass is 16.2. The van der Waals surface area contributed by atoms with Crippen LogP contribution >= 0.6 is 0 Å². The van der Waals surface area contributed by atoms with Gasteiger partial charge < -0.3 is 9.80 Å². The van der Waals surface area contributed by atoms with Gasteiger partial charge in [-0.1, -0.05) is 42.0 Å². The van der Waals surface area contributed by atoms with Crippen molar-refractivity contribution in [2.45, 2.75) is 20.8 Å². The molecule has 0 atom stereocenters. The van der Waals surface area contributed by atoms with E-state index in [0.717, 1.165) is 46.4 Å². The first-order valence-electron chi connectivity index (χ1n) is 11.6. The molecule has 33 heavy (non-hydrogen) atoms. The molecule has 0 radical (unpaired) electrons. The number of piperazine rings is 1. The van der Waals surface area contributed by atoms with Crippen LogP contribution in [0, 0.1) is 20.8 Å². The summed E-state index contributed by atoms with van der Waals surface area (Å²) >= 11 is 0. The van der Waals surface area contributed by atoms with Gasteiger partial charge in [0.2, 0.25) is 0 Å². The molecular formula is C29H29N3O. The number of aryl methyl sites for hydroxylation is 3. The fourth-order valence-corrected chi connectivity index (χ4v) is 4.54. The Kier molecular flexibility index (Phi) is 5.59. The predicted octanol–water partition coefficient (Wildman–Crippen LogP) is 5.79. The van der Waals surface area contributed by atoms with E-state index >= 15 is 0 Å². The highest BCUT2D eigenvalue weighted by Gasteiger charge is 2.24. The molecule has 0 spiro atoms. The molecule has 4 aromatic rings. The van der Waals surface area contributed by atoms with Gasteiger partial charge in [0, 0.05) is 42.8 Å². The lowest BCUT2D eigenvalue weighted by atomic mass is 9.99. The van der Waals surface area contributed by atoms with E-state index in [9.17, 15) is 4.79 Å². The van der Waals surface area contributed by atoms with Crippen molar-refractivity contribution >= 4 is 22.5 Å². The Bertz CT molecular complexity index is 1320. The summed E-state index contributed by atoms with van der Waals surface area (Å²) in [6, 6.07) is 25.0. The first-order chi connectivity index (χ1) is 16.0. The van der Waals surface area contributed by atoms with Gasteiger partial charge in [-0.05, 0) is 68.3 Å². The zero-order chi connectivity index (χ0) is 22.9. The molecule has 1 aliphatic rings. The van der Waals surface area contributed by atoms with Gasteiger partial charge in [-0.3, -0.25) is 4.79 Å². The van der Waals surface area contributed by atoms with Gasteiger partial charge in [0.05, 0.1) is 16.8 Å². The van der Waals surface area contributed by atoms with Crippen molar-refractivity contribution in [1.82, 2.24) is 9.88 Å². The summed E-state index contributed by atoms with van der Waals surface area (Å²) in [6.45, 7) is 9.37. The summed E-state index contributed by atoms with van der Waals surface area (Å²) in [6.07, 6.45) is 0. The minimum Gasteiger partial charge on any atom is -0.368 e. The van der Waals surface area contributed by atoms with Crippen molar-refractivity contribution in [2.75, 3.05) is 31.1 Å². The fraction of sp³-hybridized carbons (Fsp3) is 0.241. The van der Waals surface area contributed by atoms with E-state index in [2.05, 4.69) is 80.3 Å². The van der Waals surface area contributed by atoms with Gasteiger partial charge in [0.25, 0.3) is 5.91 Å². The predicted molar refractivity (Wildman–Crippen MR) is 136 cm³/mol. The Hall–Kier alpha value is -3.66. The summed E-state index contributed by atoms with van der Waals surface area (Å²) in [7, 11) is 0. The second kappa shape index (κ2) is 8.70. The van der Waals surface area contributed by atoms with E-state index in [-0.39, 0.29) is 5.91 Å². The molecule has 1 amide bonds. The number of fused-ring (bicyclic) bond motifs is 1. The topological polar surface area (TPSA) is 36.4 Å². The van der Waals surface area contributed by atoms with E-state index < -0.39 is 0 Å². The molecule has 2 heterocycles. The standard InChI is InChI=1S/C29H29N3O/c1-20-9-12-27-25(17-20)26(19-28(30-27)23-11-10-21(2)22(3)18-23)29(33)32-15-13-31(14-16-32)24-7-5-4-6-8-24/h4-12,17-19H,13-16H2,1-3H3. The molecular weight excluding hydrogens is 406 g/mol. The first kappa shape index (κ1) is 21.2. The molecule has 1 saturated heterocycles. The molecule has 0 bridgehead atoms. The summed E-state index contributed by atoms with van der Waals surface area (Å²) in [5.74, 6) is 0.0887. The molecule has 0 unspecified atom stereocenters. The monoisotopic (exact) mass is 435 g/mol. The molecule has 0 N–H and O–H groups in total. The van der Waals surface area contributed by atoms with E-state index in [1.165, 1.54) is 16.8 Å². The molecule has 1 aromatic heterocycles. The number of benzene rings is 3. The molecule has 0 saturated carbocycles. The zero-order valence-corrected chi connectivity index (χ0v) is 19.5. The molecule has 1 fully saturated rings. The lowest BCUT2D eigenvalue weighted by Gasteiger charge is -2.36. The Morgan fingerprint density at radius 1 is 0.788 bits per heavy atom. The number of nitrogens with zero attached hydrogens (tertiary/aromatic N) is 3. The molecule has 1 aliphatic heterocycles. The number of amides is 1. The van der Waals surface area contributed by atoms with Crippen molar-refractivity contribution in [3.8, 4) is 11.3 Å². The zero-order valence-electron chi connectivity index (χ0n) is 19.5. The van der Waals surface area contributed by atoms with Gasteiger partial charge in [0.1, 0.15) is 0 Å². The average Bonchev–Trinajstić information content (AvgIpc) is 2.85. The second-order valence-electron chi connectivity index (χ2n) is 8.99. The normalized spacial score (nSPS) is 14.0. The Morgan fingerprint density at radius 2 is 1.55 bits per heavy atom. The van der Waals surface area contributed by atoms with Gasteiger partial charge in [-0.2, -0.15) is 0 Å². The quantitative estimate of drug-likeness (QED) is 0.409. The number of aromatic nitrogens is 1. The van der Waals surface area contributed by atoms with Crippen LogP contribution < -0.4 is 4.90 Å². The van der Waals surface area contributed by atoms with Crippen LogP contribution in [0.2, 0.25) is 0 Å². The molecule has 5 rings (SSSR count). The molecule has 3 aromatic carbocycles. The lowest BCUT2D eigenvalue weighted by molar-refractivity contribution is 0.0748. The Balaban J connectivity index is 1.49. The summed E-state index contributed by atoms with van der Waals surface area (Å²) in [5.41, 5.74) is 8.32. The van der Waals surface area contributed by atoms with Gasteiger partial charge in [0.15, 0.2) is 0 Å². The number of pyridine rings is 1. The number of para-hydroxylation sites is 1. The number of rotatable bonds is 3. The lowest BCUT2D eigenvalue weighted by Crippen LogP contribution is -2.48. The number of carbonyl (C=O) groups excluding carboxylic acids is 1. The third-order valence-corrected chi connectivity index (χ3v) is 6.69. The van der Waals surface area contributed by atoms with Crippen LogP contribution in [0.25, 0.3) is 22.2 Å². The van der Waals surface area contributed by atoms with Crippen LogP contribution in [0.4, 0.5) is 5.69 Å². The maximum atomic E-state index is 13.8. The van der Waals surface area contributed by atoms with Crippen LogP contribution in [0.1, 0.15) is 27.0 Å². The number of carbonyl (C=O) groups is 1. The van der Waals surface area contributed by atoms with Crippen LogP contribution in [0.15, 0.2) is 72.8 Å². The van der Waals surface area contributed by atoms with E-state index in [4.69, 9.17) is 4.98 Å². The van der Waals surface area contributed by atoms with Crippen molar-refractivity contribution in [1.29, 1.82) is 0 Å². The molecule has 166 valence electrons. The van der Waals surface area contributed by atoms with E-state index in [1.807, 2.05) is 23.1 Å². The largest absolute Gasteiger partial charge is 0.368 e. The third kappa shape index (κ3) is 4.21. The van der Waals surface area contributed by atoms with Crippen LogP contribution in [-0.2, 0) is 0 Å². The summed E-state index contributed by atoms with van der Waals surface area (Å²) in [5, 5.41) is 0.929. The molecule has 4 nitrogen and oxygen atoms in total. The van der Waals surface area contributed by atoms with Crippen molar-refractivity contribution < 1.29 is 4.79 Å². The highest BCUT2D eigenvalue weighted by molar-refractivity contribution is 6.07. The average molecular weight is 436 g/mol. The van der Waals surface area contributed by atoms with Gasteiger partial charge in [-0.25, -0.2) is 4.98 Å². The maximum Gasteiger partial charge on any atom is 0.254 e. The van der Waals surface area contributed by atoms with E-state index in [1.54, 1.807) is 0 Å². The van der Waals surface area contributed by atoms with Crippen LogP contribution in [-0.4, -0.2) is 42.0 Å². The number of anilines is 1. The molecule has 4 heteroatoms. The third-order valence-electron chi connectivity index (χ3n) is 6.69. The maximum absolute atomic E-state index is 13.8. The van der Waals surface area contributed by atoms with Crippen LogP contribution in [0.3, 0.4) is 0 Å². The van der Waals surface area contributed by atoms with Crippen molar-refractivity contribution in [3.05, 3.63) is 95.1 Å². The van der Waals surface area contributed by atoms with E-state index in [0.29, 0.717) is 13.1 Å². The SMILES string of the molecule is Cc1ccc2nc(-c3ccc(C)c(C)c3)cc(C(=O)N3CCN(c4ccccc4)CC3)c2c1. The van der Waals surface area contributed by atoms with Gasteiger partial charge >= 0.3 is 0 Å².